The Labute approximate surface area is 142 Å². The molecule has 1 aliphatic rings. The summed E-state index contributed by atoms with van der Waals surface area (Å²) in [4.78, 5) is 23.8. The van der Waals surface area contributed by atoms with E-state index in [2.05, 4.69) is 33.2 Å². The zero-order valence-electron chi connectivity index (χ0n) is 11.8. The van der Waals surface area contributed by atoms with E-state index < -0.39 is 0 Å². The quantitative estimate of drug-likeness (QED) is 0.757. The van der Waals surface area contributed by atoms with Crippen molar-refractivity contribution in [1.82, 2.24) is 0 Å². The molecule has 2 amide bonds. The second kappa shape index (κ2) is 6.48. The third kappa shape index (κ3) is 3.85. The molecule has 22 heavy (non-hydrogen) atoms. The molecule has 2 aromatic rings. The van der Waals surface area contributed by atoms with Crippen molar-refractivity contribution in [2.45, 2.75) is 12.8 Å². The van der Waals surface area contributed by atoms with Crippen molar-refractivity contribution < 1.29 is 9.59 Å². The second-order valence-corrected chi connectivity index (χ2v) is 6.55. The predicted molar refractivity (Wildman–Crippen MR) is 94.9 cm³/mol. The Hall–Kier alpha value is -1.89. The number of halogens is 1. The molecule has 0 spiro atoms. The van der Waals surface area contributed by atoms with Crippen LogP contribution in [0.2, 0.25) is 0 Å². The van der Waals surface area contributed by atoms with E-state index in [9.17, 15) is 9.59 Å². The van der Waals surface area contributed by atoms with E-state index in [1.807, 2.05) is 12.1 Å². The molecule has 2 aromatic carbocycles. The molecule has 0 saturated heterocycles. The molecule has 1 aliphatic carbocycles. The average molecular weight is 406 g/mol. The van der Waals surface area contributed by atoms with E-state index in [0.29, 0.717) is 11.3 Å². The third-order valence-corrected chi connectivity index (χ3v) is 4.18. The number of carbonyl (C=O) groups excluding carboxylic acids is 2. The Bertz CT molecular complexity index is 692. The predicted octanol–water partition coefficient (Wildman–Crippen LogP) is 3.89. The van der Waals surface area contributed by atoms with Gasteiger partial charge in [0.25, 0.3) is 5.91 Å². The van der Waals surface area contributed by atoms with Crippen molar-refractivity contribution in [3.63, 3.8) is 0 Å². The van der Waals surface area contributed by atoms with Crippen LogP contribution in [-0.2, 0) is 4.79 Å². The molecule has 1 saturated carbocycles. The summed E-state index contributed by atoms with van der Waals surface area (Å²) in [5.74, 6) is 0.113. The van der Waals surface area contributed by atoms with Gasteiger partial charge < -0.3 is 10.6 Å². The van der Waals surface area contributed by atoms with Crippen LogP contribution in [0.5, 0.6) is 0 Å². The standard InChI is InChI=1S/C17H15IN2O2/c18-13-5-3-12(4-6-13)17(22)20-15-9-7-14(8-10-15)19-16(21)11-1-2-11/h3-11H,1-2H2,(H,19,21)(H,20,22). The zero-order chi connectivity index (χ0) is 15.5. The summed E-state index contributed by atoms with van der Waals surface area (Å²) in [5, 5.41) is 5.71. The topological polar surface area (TPSA) is 58.2 Å². The highest BCUT2D eigenvalue weighted by molar-refractivity contribution is 14.1. The van der Waals surface area contributed by atoms with Crippen LogP contribution in [0, 0.1) is 9.49 Å². The maximum Gasteiger partial charge on any atom is 0.255 e. The molecule has 0 radical (unpaired) electrons. The smallest absolute Gasteiger partial charge is 0.255 e. The lowest BCUT2D eigenvalue weighted by atomic mass is 10.2. The molecule has 0 atom stereocenters. The van der Waals surface area contributed by atoms with Crippen LogP contribution >= 0.6 is 22.6 Å². The molecule has 0 heterocycles. The maximum atomic E-state index is 12.1. The van der Waals surface area contributed by atoms with Crippen LogP contribution in [0.15, 0.2) is 48.5 Å². The highest BCUT2D eigenvalue weighted by atomic mass is 127. The van der Waals surface area contributed by atoms with Crippen LogP contribution < -0.4 is 10.6 Å². The molecule has 5 heteroatoms. The summed E-state index contributed by atoms with van der Waals surface area (Å²) in [7, 11) is 0. The van der Waals surface area contributed by atoms with E-state index in [0.717, 1.165) is 22.1 Å². The van der Waals surface area contributed by atoms with Gasteiger partial charge in [-0.3, -0.25) is 9.59 Å². The largest absolute Gasteiger partial charge is 0.326 e. The number of rotatable bonds is 4. The van der Waals surface area contributed by atoms with Gasteiger partial charge in [0, 0.05) is 26.4 Å². The first kappa shape index (κ1) is 15.0. The summed E-state index contributed by atoms with van der Waals surface area (Å²) in [6, 6.07) is 14.5. The lowest BCUT2D eigenvalue weighted by molar-refractivity contribution is -0.117. The SMILES string of the molecule is O=C(Nc1ccc(NC(=O)C2CC2)cc1)c1ccc(I)cc1. The monoisotopic (exact) mass is 406 g/mol. The Morgan fingerprint density at radius 1 is 0.864 bits per heavy atom. The highest BCUT2D eigenvalue weighted by Gasteiger charge is 2.29. The Morgan fingerprint density at radius 3 is 1.95 bits per heavy atom. The molecule has 4 nitrogen and oxygen atoms in total. The van der Waals surface area contributed by atoms with Crippen LogP contribution in [0.4, 0.5) is 11.4 Å². The molecule has 0 aromatic heterocycles. The van der Waals surface area contributed by atoms with Gasteiger partial charge in [-0.15, -0.1) is 0 Å². The van der Waals surface area contributed by atoms with Gasteiger partial charge in [-0.1, -0.05) is 0 Å². The number of benzene rings is 2. The van der Waals surface area contributed by atoms with Crippen LogP contribution in [0.3, 0.4) is 0 Å². The van der Waals surface area contributed by atoms with Crippen molar-refractivity contribution in [2.24, 2.45) is 5.92 Å². The van der Waals surface area contributed by atoms with Crippen LogP contribution in [-0.4, -0.2) is 11.8 Å². The van der Waals surface area contributed by atoms with Gasteiger partial charge in [0.1, 0.15) is 0 Å². The van der Waals surface area contributed by atoms with Gasteiger partial charge in [-0.2, -0.15) is 0 Å². The minimum Gasteiger partial charge on any atom is -0.326 e. The summed E-state index contributed by atoms with van der Waals surface area (Å²) in [6.45, 7) is 0. The molecule has 0 aliphatic heterocycles. The Balaban J connectivity index is 1.61. The Kier molecular flexibility index (Phi) is 4.42. The first-order valence-electron chi connectivity index (χ1n) is 7.10. The molecular weight excluding hydrogens is 391 g/mol. The number of hydrogen-bond acceptors (Lipinski definition) is 2. The lowest BCUT2D eigenvalue weighted by Crippen LogP contribution is -2.14. The van der Waals surface area contributed by atoms with Crippen molar-refractivity contribution >= 4 is 45.8 Å². The van der Waals surface area contributed by atoms with Gasteiger partial charge in [-0.25, -0.2) is 0 Å². The fourth-order valence-electron chi connectivity index (χ4n) is 2.03. The minimum atomic E-state index is -0.147. The average Bonchev–Trinajstić information content (AvgIpc) is 3.34. The van der Waals surface area contributed by atoms with Crippen molar-refractivity contribution in [1.29, 1.82) is 0 Å². The number of anilines is 2. The number of amides is 2. The van der Waals surface area contributed by atoms with E-state index in [1.54, 1.807) is 36.4 Å². The van der Waals surface area contributed by atoms with Gasteiger partial charge in [0.05, 0.1) is 0 Å². The third-order valence-electron chi connectivity index (χ3n) is 3.46. The van der Waals surface area contributed by atoms with Crippen molar-refractivity contribution in [3.05, 3.63) is 57.7 Å². The van der Waals surface area contributed by atoms with Crippen molar-refractivity contribution in [3.8, 4) is 0 Å². The zero-order valence-corrected chi connectivity index (χ0v) is 14.0. The minimum absolute atomic E-state index is 0.0793. The molecule has 112 valence electrons. The van der Waals surface area contributed by atoms with Gasteiger partial charge in [-0.05, 0) is 84.0 Å². The van der Waals surface area contributed by atoms with Gasteiger partial charge in [0.15, 0.2) is 0 Å². The first-order valence-corrected chi connectivity index (χ1v) is 8.17. The number of hydrogen-bond donors (Lipinski definition) is 2. The number of nitrogens with one attached hydrogen (secondary N) is 2. The molecule has 0 unspecified atom stereocenters. The highest BCUT2D eigenvalue weighted by Crippen LogP contribution is 2.30. The first-order chi connectivity index (χ1) is 10.6. The lowest BCUT2D eigenvalue weighted by Gasteiger charge is -2.08. The van der Waals surface area contributed by atoms with E-state index in [1.165, 1.54) is 0 Å². The second-order valence-electron chi connectivity index (χ2n) is 5.30. The van der Waals surface area contributed by atoms with Gasteiger partial charge in [0.2, 0.25) is 5.91 Å². The molecule has 1 fully saturated rings. The molecule has 0 bridgehead atoms. The fourth-order valence-corrected chi connectivity index (χ4v) is 2.39. The Morgan fingerprint density at radius 2 is 1.41 bits per heavy atom. The summed E-state index contributed by atoms with van der Waals surface area (Å²) < 4.78 is 1.09. The molecular formula is C17H15IN2O2. The van der Waals surface area contributed by atoms with Crippen LogP contribution in [0.25, 0.3) is 0 Å². The summed E-state index contributed by atoms with van der Waals surface area (Å²) in [5.41, 5.74) is 2.07. The fraction of sp³-hybridized carbons (Fsp3) is 0.176. The molecule has 3 rings (SSSR count). The molecule has 2 N–H and O–H groups in total. The normalized spacial score (nSPS) is 13.5. The summed E-state index contributed by atoms with van der Waals surface area (Å²) in [6.07, 6.45) is 1.96. The van der Waals surface area contributed by atoms with E-state index in [-0.39, 0.29) is 17.7 Å². The van der Waals surface area contributed by atoms with Gasteiger partial charge >= 0.3 is 0 Å². The van der Waals surface area contributed by atoms with Crippen LogP contribution in [0.1, 0.15) is 23.2 Å². The van der Waals surface area contributed by atoms with E-state index >= 15 is 0 Å². The number of carbonyl (C=O) groups is 2. The van der Waals surface area contributed by atoms with Crippen molar-refractivity contribution in [2.75, 3.05) is 10.6 Å². The maximum absolute atomic E-state index is 12.1. The van der Waals surface area contributed by atoms with E-state index in [4.69, 9.17) is 0 Å². The summed E-state index contributed by atoms with van der Waals surface area (Å²) >= 11 is 2.20.